The Labute approximate surface area is 202 Å². The lowest BCUT2D eigenvalue weighted by Crippen LogP contribution is -2.50. The maximum absolute atomic E-state index is 9.85. The highest BCUT2D eigenvalue weighted by atomic mass is 16.7. The minimum absolute atomic E-state index is 0.161. The maximum atomic E-state index is 9.85. The monoisotopic (exact) mass is 476 g/mol. The molecule has 0 amide bonds. The minimum atomic E-state index is -1.10. The molecule has 0 bridgehead atoms. The van der Waals surface area contributed by atoms with E-state index in [1.165, 1.54) is 83.5 Å². The molecule has 7 nitrogen and oxygen atoms in total. The smallest absolute Gasteiger partial charge is 0.160 e. The van der Waals surface area contributed by atoms with Crippen molar-refractivity contribution >= 4 is 0 Å². The first-order chi connectivity index (χ1) is 16.1. The fourth-order valence-electron chi connectivity index (χ4n) is 4.19. The van der Waals surface area contributed by atoms with Crippen LogP contribution in [-0.2, 0) is 18.9 Å². The van der Waals surface area contributed by atoms with Crippen molar-refractivity contribution in [3.63, 3.8) is 0 Å². The number of unbranched alkanes of at least 4 members (excludes halogenated alkanes) is 13. The Bertz CT molecular complexity index is 423. The summed E-state index contributed by atoms with van der Waals surface area (Å²) in [5.41, 5.74) is 0. The summed E-state index contributed by atoms with van der Waals surface area (Å²) < 4.78 is 22.3. The molecule has 0 saturated carbocycles. The Hall–Kier alpha value is -0.280. The van der Waals surface area contributed by atoms with Crippen LogP contribution in [0.5, 0.6) is 0 Å². The van der Waals surface area contributed by atoms with Crippen LogP contribution >= 0.6 is 0 Å². The Balaban J connectivity index is 1.91. The van der Waals surface area contributed by atoms with Gasteiger partial charge in [-0.25, -0.2) is 0 Å². The fourth-order valence-corrected chi connectivity index (χ4v) is 4.19. The SMILES string of the molecule is CCCCCCCCCCCCCCCCOC[C@H](CO[C@H]1C[C@@H](O)[C@@H](O)[C@@H](CO)O1)OC. The van der Waals surface area contributed by atoms with Gasteiger partial charge in [0.05, 0.1) is 25.9 Å². The summed E-state index contributed by atoms with van der Waals surface area (Å²) in [4.78, 5) is 0. The highest BCUT2D eigenvalue weighted by Crippen LogP contribution is 2.21. The largest absolute Gasteiger partial charge is 0.394 e. The van der Waals surface area contributed by atoms with Gasteiger partial charge in [0.25, 0.3) is 0 Å². The molecule has 3 N–H and O–H groups in total. The molecule has 0 unspecified atom stereocenters. The first-order valence-corrected chi connectivity index (χ1v) is 13.5. The topological polar surface area (TPSA) is 97.6 Å². The van der Waals surface area contributed by atoms with Gasteiger partial charge >= 0.3 is 0 Å². The summed E-state index contributed by atoms with van der Waals surface area (Å²) in [6.07, 6.45) is 15.1. The van der Waals surface area contributed by atoms with Crippen molar-refractivity contribution < 1.29 is 34.3 Å². The third-order valence-corrected chi connectivity index (χ3v) is 6.46. The average Bonchev–Trinajstić information content (AvgIpc) is 2.82. The lowest BCUT2D eigenvalue weighted by Gasteiger charge is -2.36. The van der Waals surface area contributed by atoms with Gasteiger partial charge in [0.15, 0.2) is 6.29 Å². The van der Waals surface area contributed by atoms with Gasteiger partial charge in [-0.3, -0.25) is 0 Å². The van der Waals surface area contributed by atoms with Gasteiger partial charge in [-0.15, -0.1) is 0 Å². The molecule has 0 radical (unpaired) electrons. The van der Waals surface area contributed by atoms with E-state index < -0.39 is 24.6 Å². The predicted molar refractivity (Wildman–Crippen MR) is 130 cm³/mol. The van der Waals surface area contributed by atoms with Crippen LogP contribution in [0.1, 0.15) is 103 Å². The molecule has 198 valence electrons. The molecule has 33 heavy (non-hydrogen) atoms. The molecule has 0 spiro atoms. The third-order valence-electron chi connectivity index (χ3n) is 6.46. The maximum Gasteiger partial charge on any atom is 0.160 e. The standard InChI is InChI=1S/C26H52O7/c1-3-4-5-6-7-8-9-10-11-12-13-14-15-16-17-31-20-22(30-2)21-32-25-18-23(28)26(29)24(19-27)33-25/h22-29H,3-21H2,1-2H3/t22-,23-,24-,25-,26-/m1/s1. The highest BCUT2D eigenvalue weighted by Gasteiger charge is 2.37. The van der Waals surface area contributed by atoms with E-state index in [1.807, 2.05) is 0 Å². The molecule has 0 aromatic heterocycles. The average molecular weight is 477 g/mol. The van der Waals surface area contributed by atoms with Crippen LogP contribution in [-0.4, -0.2) is 79.6 Å². The lowest BCUT2D eigenvalue weighted by molar-refractivity contribution is -0.263. The number of ether oxygens (including phenoxy) is 4. The summed E-state index contributed by atoms with van der Waals surface area (Å²) in [7, 11) is 1.61. The number of hydrogen-bond donors (Lipinski definition) is 3. The van der Waals surface area contributed by atoms with Crippen LogP contribution in [0.15, 0.2) is 0 Å². The second-order valence-electron chi connectivity index (χ2n) is 9.44. The van der Waals surface area contributed by atoms with Crippen molar-refractivity contribution in [2.24, 2.45) is 0 Å². The molecular weight excluding hydrogens is 424 g/mol. The zero-order valence-electron chi connectivity index (χ0n) is 21.3. The molecule has 5 atom stereocenters. The molecule has 1 heterocycles. The van der Waals surface area contributed by atoms with Gasteiger partial charge in [0.1, 0.15) is 18.3 Å². The van der Waals surface area contributed by atoms with E-state index in [0.717, 1.165) is 13.0 Å². The van der Waals surface area contributed by atoms with Crippen LogP contribution in [0.25, 0.3) is 0 Å². The Morgan fingerprint density at radius 3 is 1.88 bits per heavy atom. The Morgan fingerprint density at radius 1 is 0.818 bits per heavy atom. The van der Waals surface area contributed by atoms with E-state index in [1.54, 1.807) is 7.11 Å². The molecular formula is C26H52O7. The van der Waals surface area contributed by atoms with Gasteiger partial charge < -0.3 is 34.3 Å². The first-order valence-electron chi connectivity index (χ1n) is 13.5. The normalized spacial score (nSPS) is 24.3. The minimum Gasteiger partial charge on any atom is -0.394 e. The molecule has 1 rings (SSSR count). The zero-order chi connectivity index (χ0) is 24.2. The van der Waals surface area contributed by atoms with Crippen LogP contribution in [0.2, 0.25) is 0 Å². The Morgan fingerprint density at radius 2 is 1.36 bits per heavy atom. The molecule has 7 heteroatoms. The van der Waals surface area contributed by atoms with Crippen LogP contribution in [0.4, 0.5) is 0 Å². The molecule has 1 fully saturated rings. The van der Waals surface area contributed by atoms with E-state index in [0.29, 0.717) is 6.61 Å². The van der Waals surface area contributed by atoms with Crippen LogP contribution in [0, 0.1) is 0 Å². The lowest BCUT2D eigenvalue weighted by atomic mass is 10.0. The molecule has 1 aliphatic rings. The van der Waals surface area contributed by atoms with Crippen molar-refractivity contribution in [3.05, 3.63) is 0 Å². The van der Waals surface area contributed by atoms with E-state index in [-0.39, 0.29) is 25.7 Å². The Kier molecular flexibility index (Phi) is 19.6. The molecule has 0 aliphatic carbocycles. The second kappa shape index (κ2) is 21.0. The highest BCUT2D eigenvalue weighted by molar-refractivity contribution is 4.82. The van der Waals surface area contributed by atoms with Crippen molar-refractivity contribution in [1.82, 2.24) is 0 Å². The zero-order valence-corrected chi connectivity index (χ0v) is 21.3. The molecule has 1 aliphatic heterocycles. The van der Waals surface area contributed by atoms with E-state index in [9.17, 15) is 15.3 Å². The summed E-state index contributed by atoms with van der Waals surface area (Å²) in [6, 6.07) is 0. The summed E-state index contributed by atoms with van der Waals surface area (Å²) in [5.74, 6) is 0. The van der Waals surface area contributed by atoms with Gasteiger partial charge in [0, 0.05) is 20.1 Å². The number of hydrogen-bond acceptors (Lipinski definition) is 7. The van der Waals surface area contributed by atoms with Gasteiger partial charge in [-0.2, -0.15) is 0 Å². The van der Waals surface area contributed by atoms with E-state index in [4.69, 9.17) is 18.9 Å². The quantitative estimate of drug-likeness (QED) is 0.200. The predicted octanol–water partition coefficient (Wildman–Crippen LogP) is 4.35. The summed E-state index contributed by atoms with van der Waals surface area (Å²) in [6.45, 7) is 3.33. The van der Waals surface area contributed by atoms with Crippen molar-refractivity contribution in [2.45, 2.75) is 134 Å². The third kappa shape index (κ3) is 15.4. The van der Waals surface area contributed by atoms with Crippen molar-refractivity contribution in [2.75, 3.05) is 33.5 Å². The number of aliphatic hydroxyl groups excluding tert-OH is 3. The summed E-state index contributed by atoms with van der Waals surface area (Å²) in [5, 5.41) is 28.8. The van der Waals surface area contributed by atoms with E-state index >= 15 is 0 Å². The van der Waals surface area contributed by atoms with E-state index in [2.05, 4.69) is 6.92 Å². The fraction of sp³-hybridized carbons (Fsp3) is 1.00. The van der Waals surface area contributed by atoms with Gasteiger partial charge in [-0.1, -0.05) is 90.4 Å². The molecule has 0 aromatic rings. The van der Waals surface area contributed by atoms with Gasteiger partial charge in [0.2, 0.25) is 0 Å². The van der Waals surface area contributed by atoms with Crippen molar-refractivity contribution in [1.29, 1.82) is 0 Å². The van der Waals surface area contributed by atoms with Crippen LogP contribution < -0.4 is 0 Å². The first kappa shape index (κ1) is 30.8. The van der Waals surface area contributed by atoms with Crippen molar-refractivity contribution in [3.8, 4) is 0 Å². The number of methoxy groups -OCH3 is 1. The van der Waals surface area contributed by atoms with Crippen LogP contribution in [0.3, 0.4) is 0 Å². The second-order valence-corrected chi connectivity index (χ2v) is 9.44. The number of rotatable bonds is 22. The number of aliphatic hydroxyl groups is 3. The van der Waals surface area contributed by atoms with Gasteiger partial charge in [-0.05, 0) is 6.42 Å². The molecule has 0 aromatic carbocycles. The summed E-state index contributed by atoms with van der Waals surface area (Å²) >= 11 is 0. The molecule has 1 saturated heterocycles.